The average molecular weight is 442 g/mol. The van der Waals surface area contributed by atoms with Gasteiger partial charge in [0.05, 0.1) is 22.0 Å². The summed E-state index contributed by atoms with van der Waals surface area (Å²) in [5.74, 6) is -0.104. The van der Waals surface area contributed by atoms with Gasteiger partial charge < -0.3 is 5.32 Å². The minimum Gasteiger partial charge on any atom is -0.324 e. The molecule has 0 radical (unpaired) electrons. The molecule has 0 atom stereocenters. The second-order valence-electron chi connectivity index (χ2n) is 6.27. The van der Waals surface area contributed by atoms with E-state index >= 15 is 0 Å². The number of nitrogens with one attached hydrogen (secondary N) is 1. The van der Waals surface area contributed by atoms with Gasteiger partial charge in [-0.2, -0.15) is 0 Å². The smallest absolute Gasteiger partial charge is 0.271 e. The van der Waals surface area contributed by atoms with Gasteiger partial charge in [-0.15, -0.1) is 11.3 Å². The summed E-state index contributed by atoms with van der Waals surface area (Å²) in [7, 11) is 1.67. The normalized spacial score (nSPS) is 11.0. The van der Waals surface area contributed by atoms with Crippen molar-refractivity contribution in [3.63, 3.8) is 0 Å². The molecular weight excluding hydrogens is 426 g/mol. The summed E-state index contributed by atoms with van der Waals surface area (Å²) in [5.41, 5.74) is 3.04. The molecule has 0 spiro atoms. The van der Waals surface area contributed by atoms with Crippen LogP contribution >= 0.6 is 34.7 Å². The first-order valence-corrected chi connectivity index (χ1v) is 11.0. The van der Waals surface area contributed by atoms with Gasteiger partial charge in [0.15, 0.2) is 5.16 Å². The molecule has 29 heavy (non-hydrogen) atoms. The lowest BCUT2D eigenvalue weighted by Gasteiger charge is -2.09. The van der Waals surface area contributed by atoms with Crippen LogP contribution in [0, 0.1) is 0 Å². The SMILES string of the molecule is Cn1c(SCC(=O)Nc2ccccc2Cl)nc2c(-c3ccccc3)csc2c1=O. The third-order valence-corrected chi connectivity index (χ3v) is 6.64. The summed E-state index contributed by atoms with van der Waals surface area (Å²) in [6.45, 7) is 0. The largest absolute Gasteiger partial charge is 0.324 e. The van der Waals surface area contributed by atoms with Crippen molar-refractivity contribution in [3.8, 4) is 11.1 Å². The van der Waals surface area contributed by atoms with Crippen molar-refractivity contribution in [2.45, 2.75) is 5.16 Å². The number of thiophene rings is 1. The van der Waals surface area contributed by atoms with Crippen molar-refractivity contribution in [2.24, 2.45) is 7.05 Å². The molecule has 1 amide bonds. The number of nitrogens with zero attached hydrogens (tertiary/aromatic N) is 2. The van der Waals surface area contributed by atoms with E-state index in [-0.39, 0.29) is 17.2 Å². The van der Waals surface area contributed by atoms with Gasteiger partial charge in [-0.1, -0.05) is 65.8 Å². The number of halogens is 1. The van der Waals surface area contributed by atoms with Gasteiger partial charge in [0, 0.05) is 18.0 Å². The van der Waals surface area contributed by atoms with E-state index in [9.17, 15) is 9.59 Å². The Morgan fingerprint density at radius 3 is 2.66 bits per heavy atom. The molecule has 4 aromatic rings. The summed E-state index contributed by atoms with van der Waals surface area (Å²) < 4.78 is 2.09. The number of carbonyl (C=O) groups is 1. The maximum Gasteiger partial charge on any atom is 0.271 e. The van der Waals surface area contributed by atoms with Gasteiger partial charge in [-0.05, 0) is 17.7 Å². The van der Waals surface area contributed by atoms with Gasteiger partial charge in [-0.25, -0.2) is 4.98 Å². The summed E-state index contributed by atoms with van der Waals surface area (Å²) in [6, 6.07) is 16.9. The molecule has 8 heteroatoms. The Morgan fingerprint density at radius 1 is 1.17 bits per heavy atom. The summed E-state index contributed by atoms with van der Waals surface area (Å²) in [6.07, 6.45) is 0. The first-order valence-electron chi connectivity index (χ1n) is 8.75. The number of amides is 1. The quantitative estimate of drug-likeness (QED) is 0.348. The zero-order valence-corrected chi connectivity index (χ0v) is 17.8. The second-order valence-corrected chi connectivity index (χ2v) is 8.50. The molecule has 0 saturated carbocycles. The first-order chi connectivity index (χ1) is 14.0. The number of rotatable bonds is 5. The van der Waals surface area contributed by atoms with Crippen molar-refractivity contribution >= 4 is 56.5 Å². The molecule has 4 rings (SSSR count). The highest BCUT2D eigenvalue weighted by Crippen LogP contribution is 2.32. The van der Waals surface area contributed by atoms with Gasteiger partial charge in [0.25, 0.3) is 5.56 Å². The molecule has 1 N–H and O–H groups in total. The van der Waals surface area contributed by atoms with Crippen LogP contribution in [0.5, 0.6) is 0 Å². The van der Waals surface area contributed by atoms with Crippen molar-refractivity contribution in [2.75, 3.05) is 11.1 Å². The second kappa shape index (κ2) is 8.41. The van der Waals surface area contributed by atoms with Crippen LogP contribution in [-0.4, -0.2) is 21.2 Å². The zero-order valence-electron chi connectivity index (χ0n) is 15.4. The first kappa shape index (κ1) is 19.7. The van der Waals surface area contributed by atoms with Crippen molar-refractivity contribution in [1.82, 2.24) is 9.55 Å². The molecule has 146 valence electrons. The molecule has 2 aromatic carbocycles. The molecule has 5 nitrogen and oxygen atoms in total. The molecule has 0 bridgehead atoms. The number of hydrogen-bond acceptors (Lipinski definition) is 5. The van der Waals surface area contributed by atoms with Crippen LogP contribution in [0.15, 0.2) is 69.9 Å². The maximum atomic E-state index is 12.8. The van der Waals surface area contributed by atoms with Crippen LogP contribution in [0.25, 0.3) is 21.3 Å². The van der Waals surface area contributed by atoms with Crippen LogP contribution < -0.4 is 10.9 Å². The fraction of sp³-hybridized carbons (Fsp3) is 0.0952. The monoisotopic (exact) mass is 441 g/mol. The number of anilines is 1. The summed E-state index contributed by atoms with van der Waals surface area (Å²) in [4.78, 5) is 29.8. The minimum atomic E-state index is -0.217. The fourth-order valence-corrected chi connectivity index (χ4v) is 4.79. The van der Waals surface area contributed by atoms with Gasteiger partial charge in [0.1, 0.15) is 4.70 Å². The lowest BCUT2D eigenvalue weighted by Crippen LogP contribution is -2.20. The fourth-order valence-electron chi connectivity index (χ4n) is 2.85. The van der Waals surface area contributed by atoms with Gasteiger partial charge >= 0.3 is 0 Å². The molecular formula is C21H16ClN3O2S2. The highest BCUT2D eigenvalue weighted by molar-refractivity contribution is 7.99. The zero-order chi connectivity index (χ0) is 20.4. The average Bonchev–Trinajstić information content (AvgIpc) is 3.16. The maximum absolute atomic E-state index is 12.8. The minimum absolute atomic E-state index is 0.113. The molecule has 0 fully saturated rings. The van der Waals surface area contributed by atoms with Crippen LogP contribution in [-0.2, 0) is 11.8 Å². The Hall–Kier alpha value is -2.61. The standard InChI is InChI=1S/C21H16ClN3O2S2/c1-25-20(27)19-18(14(11-28-19)13-7-3-2-4-8-13)24-21(25)29-12-17(26)23-16-10-6-5-9-15(16)22/h2-11H,12H2,1H3,(H,23,26). The van der Waals surface area contributed by atoms with Crippen LogP contribution in [0.4, 0.5) is 5.69 Å². The molecule has 2 heterocycles. The Kier molecular flexibility index (Phi) is 5.71. The molecule has 2 aromatic heterocycles. The van der Waals surface area contributed by atoms with E-state index in [0.29, 0.717) is 26.1 Å². The van der Waals surface area contributed by atoms with E-state index in [1.807, 2.05) is 35.7 Å². The topological polar surface area (TPSA) is 64.0 Å². The number of benzene rings is 2. The van der Waals surface area contributed by atoms with Crippen LogP contribution in [0.1, 0.15) is 0 Å². The summed E-state index contributed by atoms with van der Waals surface area (Å²) >= 11 is 8.69. The van der Waals surface area contributed by atoms with Crippen molar-refractivity contribution in [3.05, 3.63) is 75.4 Å². The lowest BCUT2D eigenvalue weighted by molar-refractivity contribution is -0.113. The number of hydrogen-bond donors (Lipinski definition) is 1. The van der Waals surface area contributed by atoms with Gasteiger partial charge in [0.2, 0.25) is 5.91 Å². The number of carbonyl (C=O) groups excluding carboxylic acids is 1. The predicted molar refractivity (Wildman–Crippen MR) is 121 cm³/mol. The summed E-state index contributed by atoms with van der Waals surface area (Å²) in [5, 5.41) is 5.70. The van der Waals surface area contributed by atoms with Crippen molar-refractivity contribution < 1.29 is 4.79 Å². The molecule has 0 aliphatic rings. The predicted octanol–water partition coefficient (Wildman–Crippen LogP) is 5.05. The number of thioether (sulfide) groups is 1. The molecule has 0 unspecified atom stereocenters. The number of fused-ring (bicyclic) bond motifs is 1. The lowest BCUT2D eigenvalue weighted by atomic mass is 10.1. The number of para-hydroxylation sites is 1. The van der Waals surface area contributed by atoms with E-state index < -0.39 is 0 Å². The Bertz CT molecular complexity index is 1250. The molecule has 0 aliphatic carbocycles. The van der Waals surface area contributed by atoms with Crippen LogP contribution in [0.3, 0.4) is 0 Å². The third kappa shape index (κ3) is 4.07. The highest BCUT2D eigenvalue weighted by atomic mass is 35.5. The van der Waals surface area contributed by atoms with E-state index in [4.69, 9.17) is 16.6 Å². The highest BCUT2D eigenvalue weighted by Gasteiger charge is 2.16. The molecule has 0 aliphatic heterocycles. The Labute approximate surface area is 180 Å². The van der Waals surface area contributed by atoms with Crippen LogP contribution in [0.2, 0.25) is 5.02 Å². The molecule has 0 saturated heterocycles. The number of aromatic nitrogens is 2. The Balaban J connectivity index is 1.60. The van der Waals surface area contributed by atoms with E-state index in [0.717, 1.165) is 11.1 Å². The van der Waals surface area contributed by atoms with E-state index in [1.165, 1.54) is 27.7 Å². The third-order valence-electron chi connectivity index (χ3n) is 4.32. The van der Waals surface area contributed by atoms with E-state index in [2.05, 4.69) is 5.32 Å². The van der Waals surface area contributed by atoms with Gasteiger partial charge in [-0.3, -0.25) is 14.2 Å². The Morgan fingerprint density at radius 2 is 1.90 bits per heavy atom. The van der Waals surface area contributed by atoms with E-state index in [1.54, 1.807) is 31.3 Å². The van der Waals surface area contributed by atoms with Crippen molar-refractivity contribution in [1.29, 1.82) is 0 Å².